The van der Waals surface area contributed by atoms with Crippen LogP contribution in [0, 0.1) is 5.92 Å². The zero-order chi connectivity index (χ0) is 13.2. The van der Waals surface area contributed by atoms with E-state index in [1.165, 1.54) is 11.8 Å². The summed E-state index contributed by atoms with van der Waals surface area (Å²) in [5.41, 5.74) is 5.76. The quantitative estimate of drug-likeness (QED) is 0.764. The van der Waals surface area contributed by atoms with Crippen molar-refractivity contribution >= 4 is 11.9 Å². The van der Waals surface area contributed by atoms with Crippen LogP contribution in [-0.2, 0) is 9.59 Å². The number of hydrogen-bond acceptors (Lipinski definition) is 3. The van der Waals surface area contributed by atoms with Crippen LogP contribution in [0.1, 0.15) is 40.0 Å². The molecule has 1 aliphatic rings. The lowest BCUT2D eigenvalue weighted by molar-refractivity contribution is -0.149. The van der Waals surface area contributed by atoms with Crippen LogP contribution >= 0.6 is 0 Å². The Bertz CT molecular complexity index is 304. The second-order valence-electron chi connectivity index (χ2n) is 5.12. The van der Waals surface area contributed by atoms with E-state index in [0.717, 1.165) is 12.8 Å². The lowest BCUT2D eigenvalue weighted by Crippen LogP contribution is -2.46. The number of rotatable bonds is 4. The van der Waals surface area contributed by atoms with Gasteiger partial charge < -0.3 is 15.7 Å². The number of hydrogen-bond donors (Lipinski definition) is 2. The Hall–Kier alpha value is -1.10. The Labute approximate surface area is 102 Å². The van der Waals surface area contributed by atoms with E-state index in [1.807, 2.05) is 13.8 Å². The minimum atomic E-state index is -0.907. The summed E-state index contributed by atoms with van der Waals surface area (Å²) >= 11 is 0. The molecule has 0 aliphatic carbocycles. The van der Waals surface area contributed by atoms with Gasteiger partial charge in [-0.15, -0.1) is 0 Å². The Morgan fingerprint density at radius 1 is 1.41 bits per heavy atom. The molecule has 3 N–H and O–H groups in total. The van der Waals surface area contributed by atoms with Crippen molar-refractivity contribution < 1.29 is 14.7 Å². The number of carboxylic acids is 1. The molecule has 1 rings (SSSR count). The van der Waals surface area contributed by atoms with Gasteiger partial charge in [0.1, 0.15) is 6.04 Å². The van der Waals surface area contributed by atoms with Crippen molar-refractivity contribution in [2.45, 2.75) is 58.2 Å². The maximum atomic E-state index is 11.6. The van der Waals surface area contributed by atoms with Crippen molar-refractivity contribution in [2.75, 3.05) is 0 Å². The lowest BCUT2D eigenvalue weighted by atomic mass is 9.93. The maximum absolute atomic E-state index is 11.6. The van der Waals surface area contributed by atoms with Gasteiger partial charge >= 0.3 is 5.97 Å². The highest BCUT2D eigenvalue weighted by Gasteiger charge is 2.41. The fraction of sp³-hybridized carbons (Fsp3) is 0.833. The van der Waals surface area contributed by atoms with E-state index >= 15 is 0 Å². The summed E-state index contributed by atoms with van der Waals surface area (Å²) < 4.78 is 0. The van der Waals surface area contributed by atoms with E-state index in [2.05, 4.69) is 0 Å². The molecule has 1 amide bonds. The number of aliphatic carboxylic acids is 1. The van der Waals surface area contributed by atoms with Gasteiger partial charge in [0.2, 0.25) is 5.91 Å². The molecule has 0 aromatic carbocycles. The first-order chi connectivity index (χ1) is 7.84. The van der Waals surface area contributed by atoms with Gasteiger partial charge in [-0.2, -0.15) is 0 Å². The van der Waals surface area contributed by atoms with Crippen molar-refractivity contribution in [3.8, 4) is 0 Å². The van der Waals surface area contributed by atoms with Gasteiger partial charge in [-0.25, -0.2) is 4.79 Å². The molecule has 1 heterocycles. The van der Waals surface area contributed by atoms with Crippen molar-refractivity contribution in [1.29, 1.82) is 0 Å². The molecule has 0 aromatic rings. The van der Waals surface area contributed by atoms with Crippen LogP contribution in [0.4, 0.5) is 0 Å². The molecule has 0 spiro atoms. The highest BCUT2D eigenvalue weighted by Crippen LogP contribution is 2.31. The minimum absolute atomic E-state index is 0.0135. The van der Waals surface area contributed by atoms with E-state index < -0.39 is 12.0 Å². The van der Waals surface area contributed by atoms with Gasteiger partial charge in [-0.3, -0.25) is 4.79 Å². The number of likely N-dealkylation sites (tertiary alicyclic amines) is 1. The van der Waals surface area contributed by atoms with Crippen LogP contribution in [-0.4, -0.2) is 40.0 Å². The van der Waals surface area contributed by atoms with Gasteiger partial charge in [-0.1, -0.05) is 6.92 Å². The third kappa shape index (κ3) is 3.19. The largest absolute Gasteiger partial charge is 0.480 e. The topological polar surface area (TPSA) is 83.6 Å². The molecule has 5 nitrogen and oxygen atoms in total. The fourth-order valence-electron chi connectivity index (χ4n) is 2.84. The monoisotopic (exact) mass is 242 g/mol. The molecule has 4 unspecified atom stereocenters. The molecule has 17 heavy (non-hydrogen) atoms. The third-order valence-electron chi connectivity index (χ3n) is 3.48. The van der Waals surface area contributed by atoms with Crippen LogP contribution in [0.3, 0.4) is 0 Å². The second-order valence-corrected chi connectivity index (χ2v) is 5.12. The van der Waals surface area contributed by atoms with Crippen LogP contribution in [0.15, 0.2) is 0 Å². The van der Waals surface area contributed by atoms with Crippen molar-refractivity contribution in [3.05, 3.63) is 0 Å². The molecular formula is C12H22N2O3. The molecule has 0 radical (unpaired) electrons. The van der Waals surface area contributed by atoms with Crippen LogP contribution in [0.2, 0.25) is 0 Å². The first-order valence-electron chi connectivity index (χ1n) is 6.11. The minimum Gasteiger partial charge on any atom is -0.480 e. The Morgan fingerprint density at radius 3 is 2.41 bits per heavy atom. The zero-order valence-electron chi connectivity index (χ0n) is 10.7. The highest BCUT2D eigenvalue weighted by atomic mass is 16.4. The molecule has 1 saturated heterocycles. The molecule has 1 fully saturated rings. The molecule has 5 heteroatoms. The van der Waals surface area contributed by atoms with E-state index in [9.17, 15) is 9.59 Å². The second kappa shape index (κ2) is 5.49. The fourth-order valence-corrected chi connectivity index (χ4v) is 2.84. The van der Waals surface area contributed by atoms with E-state index in [0.29, 0.717) is 6.42 Å². The number of nitrogens with zero attached hydrogens (tertiary/aromatic N) is 1. The number of amides is 1. The van der Waals surface area contributed by atoms with Crippen molar-refractivity contribution in [2.24, 2.45) is 11.7 Å². The number of nitrogens with two attached hydrogens (primary N) is 1. The maximum Gasteiger partial charge on any atom is 0.326 e. The molecule has 1 aliphatic heterocycles. The van der Waals surface area contributed by atoms with Gasteiger partial charge in [-0.05, 0) is 32.1 Å². The smallest absolute Gasteiger partial charge is 0.326 e. The summed E-state index contributed by atoms with van der Waals surface area (Å²) in [6, 6.07) is -0.574. The Morgan fingerprint density at radius 2 is 2.00 bits per heavy atom. The van der Waals surface area contributed by atoms with Gasteiger partial charge in [0.15, 0.2) is 0 Å². The first kappa shape index (κ1) is 14.0. The van der Waals surface area contributed by atoms with E-state index in [4.69, 9.17) is 10.8 Å². The number of carbonyl (C=O) groups excluding carboxylic acids is 1. The molecule has 0 bridgehead atoms. The summed E-state index contributed by atoms with van der Waals surface area (Å²) in [6.45, 7) is 5.40. The van der Waals surface area contributed by atoms with Crippen LogP contribution in [0.5, 0.6) is 0 Å². The summed E-state index contributed by atoms with van der Waals surface area (Å²) in [4.78, 5) is 24.2. The predicted molar refractivity (Wildman–Crippen MR) is 64.4 cm³/mol. The molecule has 4 atom stereocenters. The van der Waals surface area contributed by atoms with Gasteiger partial charge in [0, 0.05) is 19.0 Å². The highest BCUT2D eigenvalue weighted by molar-refractivity contribution is 5.83. The average molecular weight is 242 g/mol. The number of carboxylic acid groups (broad SMARTS) is 1. The molecular weight excluding hydrogens is 220 g/mol. The van der Waals surface area contributed by atoms with Crippen LogP contribution in [0.25, 0.3) is 0 Å². The van der Waals surface area contributed by atoms with Gasteiger partial charge in [0.25, 0.3) is 0 Å². The molecule has 98 valence electrons. The molecule has 0 saturated carbocycles. The first-order valence-corrected chi connectivity index (χ1v) is 6.11. The van der Waals surface area contributed by atoms with Crippen molar-refractivity contribution in [3.63, 3.8) is 0 Å². The summed E-state index contributed by atoms with van der Waals surface area (Å²) in [6.07, 6.45) is 2.11. The normalized spacial score (nSPS) is 27.9. The van der Waals surface area contributed by atoms with Crippen molar-refractivity contribution in [1.82, 2.24) is 4.90 Å². The van der Waals surface area contributed by atoms with Gasteiger partial charge in [0.05, 0.1) is 0 Å². The summed E-state index contributed by atoms with van der Waals surface area (Å²) in [7, 11) is 0. The Kier molecular flexibility index (Phi) is 4.51. The Balaban J connectivity index is 2.79. The van der Waals surface area contributed by atoms with E-state index in [1.54, 1.807) is 0 Å². The van der Waals surface area contributed by atoms with E-state index in [-0.39, 0.29) is 23.9 Å². The molecule has 0 aromatic heterocycles. The third-order valence-corrected chi connectivity index (χ3v) is 3.48. The van der Waals surface area contributed by atoms with Crippen LogP contribution < -0.4 is 5.73 Å². The number of carbonyl (C=O) groups is 2. The average Bonchev–Trinajstić information content (AvgIpc) is 2.59. The lowest BCUT2D eigenvalue weighted by Gasteiger charge is -2.32. The SMILES string of the molecule is CC(=O)N1C(C(=O)O)CCC1C(C)CC(C)N. The summed E-state index contributed by atoms with van der Waals surface area (Å²) in [5, 5.41) is 9.10. The summed E-state index contributed by atoms with van der Waals surface area (Å²) in [5.74, 6) is -0.824. The zero-order valence-corrected chi connectivity index (χ0v) is 10.7. The predicted octanol–water partition coefficient (Wildman–Crippen LogP) is 0.824. The standard InChI is InChI=1S/C12H22N2O3/c1-7(6-8(2)13)10-4-5-11(12(16)17)14(10)9(3)15/h7-8,10-11H,4-6,13H2,1-3H3,(H,16,17).